The predicted octanol–water partition coefficient (Wildman–Crippen LogP) is -0.746. The van der Waals surface area contributed by atoms with Crippen LogP contribution in [0.4, 0.5) is 4.79 Å². The van der Waals surface area contributed by atoms with Crippen molar-refractivity contribution in [2.24, 2.45) is 0 Å². The van der Waals surface area contributed by atoms with E-state index in [0.29, 0.717) is 6.54 Å². The molecule has 0 aromatic heterocycles. The van der Waals surface area contributed by atoms with Gasteiger partial charge < -0.3 is 25.4 Å². The number of urea groups is 1. The van der Waals surface area contributed by atoms with Crippen LogP contribution >= 0.6 is 0 Å². The Morgan fingerprint density at radius 3 is 2.47 bits per heavy atom. The Hall–Kier alpha value is -1.83. The summed E-state index contributed by atoms with van der Waals surface area (Å²) >= 11 is 0. The minimum atomic E-state index is -1.29. The van der Waals surface area contributed by atoms with Gasteiger partial charge in [0.05, 0.1) is 13.5 Å². The summed E-state index contributed by atoms with van der Waals surface area (Å²) in [5.74, 6) is -1.96. The Kier molecular flexibility index (Phi) is 8.27. The smallest absolute Gasteiger partial charge is 0.326 e. The average molecular weight is 275 g/mol. The number of nitrogens with zero attached hydrogens (tertiary/aromatic N) is 1. The molecule has 0 aromatic rings. The van der Waals surface area contributed by atoms with Crippen LogP contribution in [-0.4, -0.2) is 68.3 Å². The SMILES string of the molecule is CNCCCN(C)C(=O)N[C@@H](CC(=O)OC)C(=O)O. The Morgan fingerprint density at radius 1 is 1.37 bits per heavy atom. The molecule has 0 aliphatic heterocycles. The van der Waals surface area contributed by atoms with E-state index in [1.807, 2.05) is 0 Å². The molecular weight excluding hydrogens is 254 g/mol. The second kappa shape index (κ2) is 9.15. The van der Waals surface area contributed by atoms with Crippen LogP contribution in [0.5, 0.6) is 0 Å². The summed E-state index contributed by atoms with van der Waals surface area (Å²) < 4.78 is 4.38. The molecule has 0 radical (unpaired) electrons. The van der Waals surface area contributed by atoms with E-state index in [1.54, 1.807) is 14.1 Å². The number of esters is 1. The first-order valence-corrected chi connectivity index (χ1v) is 5.88. The zero-order valence-corrected chi connectivity index (χ0v) is 11.4. The lowest BCUT2D eigenvalue weighted by molar-refractivity contribution is -0.147. The van der Waals surface area contributed by atoms with Gasteiger partial charge in [-0.1, -0.05) is 0 Å². The standard InChI is InChI=1S/C11H21N3O5/c1-12-5-4-6-14(2)11(18)13-8(10(16)17)7-9(15)19-3/h8,12H,4-7H2,1-3H3,(H,13,18)(H,16,17)/t8-/m0/s1. The largest absolute Gasteiger partial charge is 0.480 e. The third-order valence-corrected chi connectivity index (χ3v) is 2.46. The van der Waals surface area contributed by atoms with Crippen LogP contribution in [0.2, 0.25) is 0 Å². The molecule has 0 bridgehead atoms. The highest BCUT2D eigenvalue weighted by molar-refractivity contribution is 5.86. The Morgan fingerprint density at radius 2 is 2.00 bits per heavy atom. The van der Waals surface area contributed by atoms with Crippen LogP contribution in [0.3, 0.4) is 0 Å². The molecule has 0 unspecified atom stereocenters. The lowest BCUT2D eigenvalue weighted by Gasteiger charge is -2.20. The van der Waals surface area contributed by atoms with Gasteiger partial charge in [-0.15, -0.1) is 0 Å². The summed E-state index contributed by atoms with van der Waals surface area (Å²) in [5.41, 5.74) is 0. The van der Waals surface area contributed by atoms with Crippen LogP contribution in [0.25, 0.3) is 0 Å². The van der Waals surface area contributed by atoms with Gasteiger partial charge in [0, 0.05) is 13.6 Å². The van der Waals surface area contributed by atoms with Gasteiger partial charge in [0.1, 0.15) is 6.04 Å². The molecule has 110 valence electrons. The molecule has 0 saturated heterocycles. The molecule has 0 heterocycles. The number of methoxy groups -OCH3 is 1. The number of aliphatic carboxylic acids is 1. The molecule has 0 spiro atoms. The molecule has 0 aromatic carbocycles. The molecule has 8 heteroatoms. The van der Waals surface area contributed by atoms with Gasteiger partial charge in [-0.05, 0) is 20.0 Å². The maximum absolute atomic E-state index is 11.7. The molecule has 0 rings (SSSR count). The van der Waals surface area contributed by atoms with Gasteiger partial charge >= 0.3 is 18.0 Å². The minimum absolute atomic E-state index is 0.401. The number of hydrogen-bond acceptors (Lipinski definition) is 5. The molecule has 8 nitrogen and oxygen atoms in total. The lowest BCUT2D eigenvalue weighted by atomic mass is 10.2. The maximum Gasteiger partial charge on any atom is 0.326 e. The number of carboxylic acid groups (broad SMARTS) is 1. The van der Waals surface area contributed by atoms with E-state index in [2.05, 4.69) is 15.4 Å². The van der Waals surface area contributed by atoms with E-state index >= 15 is 0 Å². The average Bonchev–Trinajstić information content (AvgIpc) is 2.37. The van der Waals surface area contributed by atoms with Crippen molar-refractivity contribution in [2.45, 2.75) is 18.9 Å². The number of amides is 2. The van der Waals surface area contributed by atoms with Crippen molar-refractivity contribution in [3.63, 3.8) is 0 Å². The summed E-state index contributed by atoms with van der Waals surface area (Å²) in [6.07, 6.45) is 0.344. The first-order chi connectivity index (χ1) is 8.92. The summed E-state index contributed by atoms with van der Waals surface area (Å²) in [4.78, 5) is 35.0. The molecule has 0 aliphatic rings. The predicted molar refractivity (Wildman–Crippen MR) is 67.8 cm³/mol. The van der Waals surface area contributed by atoms with Gasteiger partial charge in [-0.2, -0.15) is 0 Å². The summed E-state index contributed by atoms with van der Waals surface area (Å²) in [6.45, 7) is 1.24. The van der Waals surface area contributed by atoms with Crippen LogP contribution in [0.15, 0.2) is 0 Å². The topological polar surface area (TPSA) is 108 Å². The molecular formula is C11H21N3O5. The van der Waals surface area contributed by atoms with Gasteiger partial charge in [0.2, 0.25) is 0 Å². The monoisotopic (exact) mass is 275 g/mol. The molecule has 2 amide bonds. The fourth-order valence-corrected chi connectivity index (χ4v) is 1.30. The van der Waals surface area contributed by atoms with Gasteiger partial charge in [0.15, 0.2) is 0 Å². The number of rotatable bonds is 8. The van der Waals surface area contributed by atoms with Crippen LogP contribution in [-0.2, 0) is 14.3 Å². The molecule has 0 saturated carbocycles. The minimum Gasteiger partial charge on any atom is -0.480 e. The van der Waals surface area contributed by atoms with Crippen molar-refractivity contribution < 1.29 is 24.2 Å². The van der Waals surface area contributed by atoms with Gasteiger partial charge in [-0.25, -0.2) is 9.59 Å². The number of nitrogens with one attached hydrogen (secondary N) is 2. The second-order valence-corrected chi connectivity index (χ2v) is 4.00. The maximum atomic E-state index is 11.7. The quantitative estimate of drug-likeness (QED) is 0.397. The van der Waals surface area contributed by atoms with Crippen molar-refractivity contribution >= 4 is 18.0 Å². The van der Waals surface area contributed by atoms with Gasteiger partial charge in [0.25, 0.3) is 0 Å². The fraction of sp³-hybridized carbons (Fsp3) is 0.727. The van der Waals surface area contributed by atoms with E-state index in [9.17, 15) is 14.4 Å². The molecule has 19 heavy (non-hydrogen) atoms. The highest BCUT2D eigenvalue weighted by Gasteiger charge is 2.24. The van der Waals surface area contributed by atoms with Crippen molar-refractivity contribution in [3.8, 4) is 0 Å². The van der Waals surface area contributed by atoms with Crippen molar-refractivity contribution in [1.82, 2.24) is 15.5 Å². The highest BCUT2D eigenvalue weighted by atomic mass is 16.5. The van der Waals surface area contributed by atoms with Crippen molar-refractivity contribution in [3.05, 3.63) is 0 Å². The van der Waals surface area contributed by atoms with E-state index in [4.69, 9.17) is 5.11 Å². The summed E-state index contributed by atoms with van der Waals surface area (Å²) in [7, 11) is 4.52. The Bertz CT molecular complexity index is 321. The van der Waals surface area contributed by atoms with Crippen molar-refractivity contribution in [2.75, 3.05) is 34.3 Å². The van der Waals surface area contributed by atoms with Crippen LogP contribution in [0.1, 0.15) is 12.8 Å². The van der Waals surface area contributed by atoms with Crippen molar-refractivity contribution in [1.29, 1.82) is 0 Å². The van der Waals surface area contributed by atoms with E-state index < -0.39 is 30.4 Å². The molecule has 3 N–H and O–H groups in total. The second-order valence-electron chi connectivity index (χ2n) is 4.00. The lowest BCUT2D eigenvalue weighted by Crippen LogP contribution is -2.48. The van der Waals surface area contributed by atoms with E-state index in [1.165, 1.54) is 4.90 Å². The third-order valence-electron chi connectivity index (χ3n) is 2.46. The Balaban J connectivity index is 4.30. The van der Waals surface area contributed by atoms with E-state index in [0.717, 1.165) is 20.1 Å². The Labute approximate surface area is 112 Å². The summed E-state index contributed by atoms with van der Waals surface area (Å²) in [6, 6.07) is -1.82. The molecule has 1 atom stereocenters. The molecule has 0 fully saturated rings. The highest BCUT2D eigenvalue weighted by Crippen LogP contribution is 1.97. The third kappa shape index (κ3) is 7.24. The zero-order chi connectivity index (χ0) is 14.8. The van der Waals surface area contributed by atoms with Gasteiger partial charge in [-0.3, -0.25) is 4.79 Å². The molecule has 0 aliphatic carbocycles. The number of carboxylic acids is 1. The zero-order valence-electron chi connectivity index (χ0n) is 11.4. The van der Waals surface area contributed by atoms with E-state index in [-0.39, 0.29) is 0 Å². The first-order valence-electron chi connectivity index (χ1n) is 5.88. The number of hydrogen-bond donors (Lipinski definition) is 3. The summed E-state index contributed by atoms with van der Waals surface area (Å²) in [5, 5.41) is 14.1. The number of carbonyl (C=O) groups excluding carboxylic acids is 2. The normalized spacial score (nSPS) is 11.5. The first kappa shape index (κ1) is 17.2. The fourth-order valence-electron chi connectivity index (χ4n) is 1.30. The number of ether oxygens (including phenoxy) is 1. The van der Waals surface area contributed by atoms with Crippen LogP contribution in [0, 0.1) is 0 Å². The van der Waals surface area contributed by atoms with Crippen LogP contribution < -0.4 is 10.6 Å². The number of carbonyl (C=O) groups is 3.